The molecule has 2 N–H and O–H groups in total. The van der Waals surface area contributed by atoms with Gasteiger partial charge in [0.1, 0.15) is 0 Å². The number of carboxylic acids is 1. The molecule has 0 spiro atoms. The third-order valence-electron chi connectivity index (χ3n) is 1.44. The van der Waals surface area contributed by atoms with Crippen LogP contribution in [-0.2, 0) is 14.9 Å². The summed E-state index contributed by atoms with van der Waals surface area (Å²) in [7, 11) is -7.17. The van der Waals surface area contributed by atoms with E-state index in [9.17, 15) is 47.9 Å². The van der Waals surface area contributed by atoms with Gasteiger partial charge in [-0.1, -0.05) is 0 Å². The molecule has 0 aliphatic heterocycles. The van der Waals surface area contributed by atoms with Gasteiger partial charge in [0.05, 0.1) is 0 Å². The fourth-order valence-electron chi connectivity index (χ4n) is 0.523. The molecular weight excluding hydrogens is 355 g/mol. The van der Waals surface area contributed by atoms with Crippen LogP contribution in [0.5, 0.6) is 0 Å². The van der Waals surface area contributed by atoms with Gasteiger partial charge in [-0.05, 0) is 0 Å². The molecule has 0 atom stereocenters. The van der Waals surface area contributed by atoms with Crippen LogP contribution < -0.4 is 0 Å². The van der Waals surface area contributed by atoms with Crippen LogP contribution in [0.3, 0.4) is 0 Å². The van der Waals surface area contributed by atoms with E-state index in [1.54, 1.807) is 0 Å². The summed E-state index contributed by atoms with van der Waals surface area (Å²) >= 11 is 0. The van der Waals surface area contributed by atoms with Crippen LogP contribution in [0.25, 0.3) is 0 Å². The second-order valence-corrected chi connectivity index (χ2v) is 4.62. The van der Waals surface area contributed by atoms with E-state index in [0.717, 1.165) is 6.92 Å². The van der Waals surface area contributed by atoms with Crippen LogP contribution in [-0.4, -0.2) is 47.3 Å². The summed E-state index contributed by atoms with van der Waals surface area (Å²) < 4.78 is 134. The molecule has 15 heteroatoms. The van der Waals surface area contributed by atoms with Gasteiger partial charge in [-0.25, -0.2) is 0 Å². The zero-order valence-corrected chi connectivity index (χ0v) is 10.2. The highest BCUT2D eigenvalue weighted by molar-refractivity contribution is 7.87. The lowest BCUT2D eigenvalue weighted by Crippen LogP contribution is -2.63. The van der Waals surface area contributed by atoms with Gasteiger partial charge in [0.15, 0.2) is 0 Å². The number of aliphatic carboxylic acids is 1. The summed E-state index contributed by atoms with van der Waals surface area (Å²) in [5, 5.41) is 0.416. The maximum Gasteiger partial charge on any atom is 0.460 e. The van der Waals surface area contributed by atoms with Crippen molar-refractivity contribution in [3.63, 3.8) is 0 Å². The van der Waals surface area contributed by atoms with Crippen molar-refractivity contribution in [3.05, 3.63) is 0 Å². The largest absolute Gasteiger partial charge is 0.481 e. The summed E-state index contributed by atoms with van der Waals surface area (Å²) in [5.41, 5.74) is 0. The van der Waals surface area contributed by atoms with Crippen molar-refractivity contribution in [1.82, 2.24) is 0 Å². The Morgan fingerprint density at radius 3 is 1.24 bits per heavy atom. The van der Waals surface area contributed by atoms with Crippen molar-refractivity contribution in [2.24, 2.45) is 0 Å². The summed E-state index contributed by atoms with van der Waals surface area (Å²) in [6, 6.07) is 0. The lowest BCUT2D eigenvalue weighted by atomic mass is 10.1. The minimum atomic E-state index is -7.37. The summed E-state index contributed by atoms with van der Waals surface area (Å²) in [5.74, 6) is -15.6. The number of hydrogen-bond acceptors (Lipinski definition) is 3. The fraction of sp³-hybridized carbons (Fsp3) is 0.833. The molecule has 0 amide bonds. The standard InChI is InChI=1S/C4HF9O3S.C2H4O2/c5-1(6,3(9,10)11)2(7,8)4(12,13)17(14,15)16;1-2(3)4/h(H,14,15,16);1H3,(H,3,4). The first-order chi connectivity index (χ1) is 8.73. The Morgan fingerprint density at radius 1 is 0.857 bits per heavy atom. The van der Waals surface area contributed by atoms with E-state index in [4.69, 9.17) is 14.5 Å². The normalized spacial score (nSPS) is 14.2. The molecule has 0 unspecified atom stereocenters. The fourth-order valence-corrected chi connectivity index (χ4v) is 0.975. The van der Waals surface area contributed by atoms with Crippen molar-refractivity contribution in [1.29, 1.82) is 0 Å². The maximum atomic E-state index is 12.2. The molecular formula is C6H5F9O5S. The third-order valence-corrected chi connectivity index (χ3v) is 2.34. The number of carboxylic acid groups (broad SMARTS) is 1. The first kappa shape index (κ1) is 22.0. The Kier molecular flexibility index (Phi) is 6.15. The van der Waals surface area contributed by atoms with Gasteiger partial charge in [-0.15, -0.1) is 0 Å². The zero-order valence-electron chi connectivity index (χ0n) is 9.43. The monoisotopic (exact) mass is 360 g/mol. The van der Waals surface area contributed by atoms with Gasteiger partial charge in [0, 0.05) is 6.92 Å². The highest BCUT2D eigenvalue weighted by Gasteiger charge is 2.85. The SMILES string of the molecule is CC(=O)O.O=S(=O)(O)C(F)(F)C(F)(F)C(F)(F)C(F)(F)F. The van der Waals surface area contributed by atoms with E-state index in [1.807, 2.05) is 0 Å². The van der Waals surface area contributed by atoms with Crippen molar-refractivity contribution in [3.8, 4) is 0 Å². The molecule has 0 aliphatic carbocycles. The molecule has 0 aromatic rings. The smallest absolute Gasteiger partial charge is 0.460 e. The zero-order chi connectivity index (χ0) is 18.1. The lowest BCUT2D eigenvalue weighted by Gasteiger charge is -2.31. The van der Waals surface area contributed by atoms with Gasteiger partial charge in [0.25, 0.3) is 5.97 Å². The predicted molar refractivity (Wildman–Crippen MR) is 45.8 cm³/mol. The van der Waals surface area contributed by atoms with Crippen molar-refractivity contribution in [2.75, 3.05) is 0 Å². The maximum absolute atomic E-state index is 12.2. The molecule has 0 rings (SSSR count). The average molecular weight is 360 g/mol. The molecule has 0 aromatic carbocycles. The lowest BCUT2D eigenvalue weighted by molar-refractivity contribution is -0.382. The number of halogens is 9. The first-order valence-electron chi connectivity index (χ1n) is 4.10. The number of rotatable bonds is 3. The summed E-state index contributed by atoms with van der Waals surface area (Å²) in [6.07, 6.45) is -7.13. The molecule has 0 radical (unpaired) electrons. The second-order valence-electron chi connectivity index (χ2n) is 3.16. The Bertz CT molecular complexity index is 475. The Labute approximate surface area is 110 Å². The van der Waals surface area contributed by atoms with Gasteiger partial charge in [0.2, 0.25) is 0 Å². The molecule has 0 aromatic heterocycles. The molecule has 21 heavy (non-hydrogen) atoms. The van der Waals surface area contributed by atoms with Crippen LogP contribution in [0.4, 0.5) is 39.5 Å². The van der Waals surface area contributed by atoms with E-state index in [-0.39, 0.29) is 0 Å². The van der Waals surface area contributed by atoms with Crippen molar-refractivity contribution >= 4 is 16.1 Å². The Hall–Kier alpha value is -1.25. The molecule has 0 saturated heterocycles. The van der Waals surface area contributed by atoms with Gasteiger partial charge < -0.3 is 5.11 Å². The average Bonchev–Trinajstić information content (AvgIpc) is 2.12. The van der Waals surface area contributed by atoms with Crippen LogP contribution in [0, 0.1) is 0 Å². The van der Waals surface area contributed by atoms with Crippen LogP contribution in [0.15, 0.2) is 0 Å². The highest BCUT2D eigenvalue weighted by atomic mass is 32.2. The molecule has 5 nitrogen and oxygen atoms in total. The van der Waals surface area contributed by atoms with E-state index in [2.05, 4.69) is 0 Å². The molecule has 128 valence electrons. The molecule has 0 bridgehead atoms. The molecule has 0 aliphatic rings. The highest BCUT2D eigenvalue weighted by Crippen LogP contribution is 2.54. The van der Waals surface area contributed by atoms with Gasteiger partial charge in [-0.3, -0.25) is 9.35 Å². The van der Waals surface area contributed by atoms with Gasteiger partial charge in [-0.2, -0.15) is 47.9 Å². The van der Waals surface area contributed by atoms with E-state index in [1.165, 1.54) is 0 Å². The molecule has 0 fully saturated rings. The van der Waals surface area contributed by atoms with Gasteiger partial charge >= 0.3 is 33.4 Å². The third kappa shape index (κ3) is 4.36. The molecule has 0 saturated carbocycles. The minimum Gasteiger partial charge on any atom is -0.481 e. The van der Waals surface area contributed by atoms with Crippen LogP contribution in [0.2, 0.25) is 0 Å². The number of carbonyl (C=O) groups is 1. The quantitative estimate of drug-likeness (QED) is 0.596. The summed E-state index contributed by atoms with van der Waals surface area (Å²) in [4.78, 5) is 9.00. The Morgan fingerprint density at radius 2 is 1.10 bits per heavy atom. The predicted octanol–water partition coefficient (Wildman–Crippen LogP) is 2.39. The summed E-state index contributed by atoms with van der Waals surface area (Å²) in [6.45, 7) is 1.08. The van der Waals surface area contributed by atoms with E-state index >= 15 is 0 Å². The minimum absolute atomic E-state index is 0.833. The van der Waals surface area contributed by atoms with E-state index < -0.39 is 39.4 Å². The topological polar surface area (TPSA) is 91.7 Å². The Balaban J connectivity index is 0. The van der Waals surface area contributed by atoms with Crippen molar-refractivity contribution < 1.29 is 62.4 Å². The number of alkyl halides is 9. The van der Waals surface area contributed by atoms with Crippen LogP contribution >= 0.6 is 0 Å². The first-order valence-corrected chi connectivity index (χ1v) is 5.54. The van der Waals surface area contributed by atoms with Crippen molar-refractivity contribution in [2.45, 2.75) is 30.2 Å². The number of hydrogen-bond donors (Lipinski definition) is 2. The van der Waals surface area contributed by atoms with Crippen LogP contribution in [0.1, 0.15) is 6.92 Å². The molecule has 0 heterocycles. The second kappa shape index (κ2) is 5.86. The van der Waals surface area contributed by atoms with E-state index in [0.29, 0.717) is 0 Å².